The van der Waals surface area contributed by atoms with Crippen LogP contribution in [-0.2, 0) is 0 Å². The van der Waals surface area contributed by atoms with Gasteiger partial charge in [0.1, 0.15) is 4.60 Å². The summed E-state index contributed by atoms with van der Waals surface area (Å²) in [5.74, 6) is 0. The van der Waals surface area contributed by atoms with Gasteiger partial charge in [0.05, 0.1) is 5.69 Å². The van der Waals surface area contributed by atoms with E-state index < -0.39 is 0 Å². The van der Waals surface area contributed by atoms with E-state index in [9.17, 15) is 0 Å². The fourth-order valence-electron chi connectivity index (χ4n) is 1.13. The molecule has 14 heavy (non-hydrogen) atoms. The van der Waals surface area contributed by atoms with Crippen molar-refractivity contribution in [2.75, 3.05) is 0 Å². The molecule has 5 heteroatoms. The Morgan fingerprint density at radius 1 is 1.21 bits per heavy atom. The Morgan fingerprint density at radius 2 is 2.00 bits per heavy atom. The number of nitrogens with zero attached hydrogens (tertiary/aromatic N) is 1. The van der Waals surface area contributed by atoms with Crippen molar-refractivity contribution in [1.29, 1.82) is 0 Å². The van der Waals surface area contributed by atoms with Gasteiger partial charge < -0.3 is 0 Å². The maximum Gasteiger partial charge on any atom is 0.101 e. The van der Waals surface area contributed by atoms with Crippen molar-refractivity contribution in [1.82, 2.24) is 10.2 Å². The van der Waals surface area contributed by atoms with E-state index in [1.165, 1.54) is 0 Å². The fraction of sp³-hybridized carbons (Fsp3) is 0. The van der Waals surface area contributed by atoms with Crippen LogP contribution in [0.2, 0.25) is 5.02 Å². The average Bonchev–Trinajstić information content (AvgIpc) is 2.56. The summed E-state index contributed by atoms with van der Waals surface area (Å²) < 4.78 is 1.82. The summed E-state index contributed by atoms with van der Waals surface area (Å²) >= 11 is 12.7. The van der Waals surface area contributed by atoms with Gasteiger partial charge in [0.2, 0.25) is 0 Å². The van der Waals surface area contributed by atoms with Gasteiger partial charge in [-0.2, -0.15) is 5.10 Å². The van der Waals surface area contributed by atoms with E-state index in [2.05, 4.69) is 42.1 Å². The molecule has 1 N–H and O–H groups in total. The van der Waals surface area contributed by atoms with E-state index in [0.717, 1.165) is 20.3 Å². The highest BCUT2D eigenvalue weighted by Crippen LogP contribution is 2.30. The van der Waals surface area contributed by atoms with Crippen LogP contribution >= 0.6 is 43.5 Å². The topological polar surface area (TPSA) is 28.7 Å². The first-order valence-corrected chi connectivity index (χ1v) is 5.79. The summed E-state index contributed by atoms with van der Waals surface area (Å²) in [6, 6.07) is 7.50. The Hall–Kier alpha value is -0.320. The summed E-state index contributed by atoms with van der Waals surface area (Å²) in [7, 11) is 0. The van der Waals surface area contributed by atoms with Crippen molar-refractivity contribution in [3.63, 3.8) is 0 Å². The number of hydrogen-bond donors (Lipinski definition) is 1. The van der Waals surface area contributed by atoms with Gasteiger partial charge in [0.25, 0.3) is 0 Å². The lowest BCUT2D eigenvalue weighted by Gasteiger charge is -2.00. The van der Waals surface area contributed by atoms with Gasteiger partial charge >= 0.3 is 0 Å². The highest BCUT2D eigenvalue weighted by atomic mass is 79.9. The molecule has 1 aromatic heterocycles. The number of aromatic nitrogens is 2. The zero-order chi connectivity index (χ0) is 10.1. The molecule has 0 aliphatic rings. The van der Waals surface area contributed by atoms with E-state index >= 15 is 0 Å². The first-order chi connectivity index (χ1) is 6.66. The molecule has 1 heterocycles. The summed E-state index contributed by atoms with van der Waals surface area (Å²) in [4.78, 5) is 0. The van der Waals surface area contributed by atoms with Gasteiger partial charge in [-0.05, 0) is 40.2 Å². The molecule has 0 fully saturated rings. The molecule has 1 aromatic carbocycles. The molecule has 2 rings (SSSR count). The molecule has 0 aliphatic carbocycles. The lowest BCUT2D eigenvalue weighted by atomic mass is 10.2. The van der Waals surface area contributed by atoms with Crippen LogP contribution < -0.4 is 0 Å². The molecule has 0 atom stereocenters. The average molecular weight is 336 g/mol. The summed E-state index contributed by atoms with van der Waals surface area (Å²) in [5, 5.41) is 7.64. The number of benzene rings is 1. The normalized spacial score (nSPS) is 10.5. The third-order valence-electron chi connectivity index (χ3n) is 1.75. The van der Waals surface area contributed by atoms with Crippen molar-refractivity contribution in [2.45, 2.75) is 0 Å². The second-order valence-corrected chi connectivity index (χ2v) is 4.87. The highest BCUT2D eigenvalue weighted by Gasteiger charge is 2.07. The smallest absolute Gasteiger partial charge is 0.101 e. The van der Waals surface area contributed by atoms with Crippen LogP contribution in [0.3, 0.4) is 0 Å². The van der Waals surface area contributed by atoms with Gasteiger partial charge in [0.15, 0.2) is 0 Å². The second-order valence-electron chi connectivity index (χ2n) is 2.73. The molecule has 0 amide bonds. The molecule has 72 valence electrons. The predicted molar refractivity (Wildman–Crippen MR) is 64.4 cm³/mol. The standard InChI is InChI=1S/C9H5Br2ClN2/c10-7-2-1-5(12)3-6(7)8-4-9(11)14-13-8/h1-4H,(H,13,14). The Labute approximate surface area is 103 Å². The molecule has 0 bridgehead atoms. The number of aromatic amines is 1. The van der Waals surface area contributed by atoms with Crippen LogP contribution in [0.15, 0.2) is 33.3 Å². The third-order valence-corrected chi connectivity index (χ3v) is 3.08. The van der Waals surface area contributed by atoms with Gasteiger partial charge in [-0.15, -0.1) is 0 Å². The van der Waals surface area contributed by atoms with Crippen molar-refractivity contribution in [3.8, 4) is 11.3 Å². The zero-order valence-corrected chi connectivity index (χ0v) is 10.8. The number of H-pyrrole nitrogens is 1. The molecule has 0 saturated heterocycles. The SMILES string of the molecule is Clc1ccc(Br)c(-c2cc(Br)[nH]n2)c1. The van der Waals surface area contributed by atoms with E-state index in [1.807, 2.05) is 24.3 Å². The van der Waals surface area contributed by atoms with Gasteiger partial charge in [-0.1, -0.05) is 27.5 Å². The number of nitrogens with one attached hydrogen (secondary N) is 1. The second kappa shape index (κ2) is 4.04. The number of hydrogen-bond acceptors (Lipinski definition) is 1. The Balaban J connectivity index is 2.55. The van der Waals surface area contributed by atoms with Gasteiger partial charge in [-0.3, -0.25) is 5.10 Å². The highest BCUT2D eigenvalue weighted by molar-refractivity contribution is 9.10. The molecular formula is C9H5Br2ClN2. The Kier molecular flexibility index (Phi) is 2.95. The van der Waals surface area contributed by atoms with Crippen LogP contribution in [-0.4, -0.2) is 10.2 Å². The zero-order valence-electron chi connectivity index (χ0n) is 6.89. The van der Waals surface area contributed by atoms with Crippen LogP contribution in [0, 0.1) is 0 Å². The summed E-state index contributed by atoms with van der Waals surface area (Å²) in [6.07, 6.45) is 0. The lowest BCUT2D eigenvalue weighted by Crippen LogP contribution is -1.80. The quantitative estimate of drug-likeness (QED) is 0.828. The van der Waals surface area contributed by atoms with Crippen LogP contribution in [0.4, 0.5) is 0 Å². The van der Waals surface area contributed by atoms with Crippen molar-refractivity contribution in [2.24, 2.45) is 0 Å². The minimum Gasteiger partial charge on any atom is -0.271 e. The Morgan fingerprint density at radius 3 is 2.64 bits per heavy atom. The largest absolute Gasteiger partial charge is 0.271 e. The van der Waals surface area contributed by atoms with E-state index in [0.29, 0.717) is 5.02 Å². The van der Waals surface area contributed by atoms with Gasteiger partial charge in [0, 0.05) is 15.1 Å². The molecule has 0 saturated carbocycles. The molecule has 0 spiro atoms. The Bertz CT molecular complexity index is 468. The molecule has 0 radical (unpaired) electrons. The summed E-state index contributed by atoms with van der Waals surface area (Å²) in [5.41, 5.74) is 1.82. The predicted octanol–water partition coefficient (Wildman–Crippen LogP) is 4.26. The maximum absolute atomic E-state index is 5.90. The first-order valence-electron chi connectivity index (χ1n) is 3.83. The van der Waals surface area contributed by atoms with Gasteiger partial charge in [-0.25, -0.2) is 0 Å². The fourth-order valence-corrected chi connectivity index (χ4v) is 2.06. The number of rotatable bonds is 1. The van der Waals surface area contributed by atoms with E-state index in [-0.39, 0.29) is 0 Å². The molecule has 2 nitrogen and oxygen atoms in total. The molecular weight excluding hydrogens is 331 g/mol. The van der Waals surface area contributed by atoms with Crippen molar-refractivity contribution < 1.29 is 0 Å². The first kappa shape index (κ1) is 10.2. The maximum atomic E-state index is 5.90. The van der Waals surface area contributed by atoms with Crippen LogP contribution in [0.25, 0.3) is 11.3 Å². The number of halogens is 3. The minimum absolute atomic E-state index is 0.697. The van der Waals surface area contributed by atoms with E-state index in [4.69, 9.17) is 11.6 Å². The molecule has 0 aliphatic heterocycles. The van der Waals surface area contributed by atoms with E-state index in [1.54, 1.807) is 0 Å². The minimum atomic E-state index is 0.697. The third kappa shape index (κ3) is 2.02. The van der Waals surface area contributed by atoms with Crippen molar-refractivity contribution >= 4 is 43.5 Å². The monoisotopic (exact) mass is 334 g/mol. The van der Waals surface area contributed by atoms with Crippen LogP contribution in [0.5, 0.6) is 0 Å². The van der Waals surface area contributed by atoms with Crippen molar-refractivity contribution in [3.05, 3.63) is 38.4 Å². The van der Waals surface area contributed by atoms with Crippen LogP contribution in [0.1, 0.15) is 0 Å². The molecule has 2 aromatic rings. The lowest BCUT2D eigenvalue weighted by molar-refractivity contribution is 1.07. The summed E-state index contributed by atoms with van der Waals surface area (Å²) in [6.45, 7) is 0. The molecule has 0 unspecified atom stereocenters.